The molecule has 1 aromatic carbocycles. The van der Waals surface area contributed by atoms with Crippen molar-refractivity contribution in [3.8, 4) is 0 Å². The molecular weight excluding hydrogens is 420 g/mol. The van der Waals surface area contributed by atoms with Gasteiger partial charge in [0.2, 0.25) is 5.96 Å². The van der Waals surface area contributed by atoms with Crippen LogP contribution in [0.2, 0.25) is 0 Å². The van der Waals surface area contributed by atoms with Crippen molar-refractivity contribution < 1.29 is 8.78 Å². The standard InChI is InChI=1S/C26H35F2N5/c1-3-22-25(32-24(4-2)29-19-11-7-5-8-12-19)33(20-13-9-6-10-14-20)26(30-22)31-23-16-15-18(27)17-21(23)28/h3-4,15-17,19-20,29H,5-14H2,1-2H3,(H,30,31)/b22-3+,24-4+,32-25+. The first kappa shape index (κ1) is 23.5. The second-order valence-corrected chi connectivity index (χ2v) is 9.11. The number of hydrogen-bond acceptors (Lipinski definition) is 4. The SMILES string of the molecule is C/C=C(/N=C1\C(=C/C)N=C(Nc2ccc(F)cc2F)N1C1CCCCC1)NC1CCCCC1. The number of anilines is 1. The number of nitrogens with one attached hydrogen (secondary N) is 2. The molecule has 0 atom stereocenters. The maximum absolute atomic E-state index is 14.4. The first-order chi connectivity index (χ1) is 16.1. The topological polar surface area (TPSA) is 52.0 Å². The van der Waals surface area contributed by atoms with Gasteiger partial charge in [-0.15, -0.1) is 0 Å². The van der Waals surface area contributed by atoms with Crippen molar-refractivity contribution in [2.45, 2.75) is 90.1 Å². The van der Waals surface area contributed by atoms with Crippen LogP contribution >= 0.6 is 0 Å². The lowest BCUT2D eigenvalue weighted by atomic mass is 9.94. The Balaban J connectivity index is 1.64. The lowest BCUT2D eigenvalue weighted by Gasteiger charge is -2.34. The number of allylic oxidation sites excluding steroid dienone is 2. The molecule has 2 saturated carbocycles. The highest BCUT2D eigenvalue weighted by atomic mass is 19.1. The number of hydrogen-bond donors (Lipinski definition) is 2. The highest BCUT2D eigenvalue weighted by Crippen LogP contribution is 2.30. The van der Waals surface area contributed by atoms with E-state index < -0.39 is 11.6 Å². The second-order valence-electron chi connectivity index (χ2n) is 9.11. The summed E-state index contributed by atoms with van der Waals surface area (Å²) in [4.78, 5) is 12.0. The van der Waals surface area contributed by atoms with E-state index in [-0.39, 0.29) is 11.7 Å². The second kappa shape index (κ2) is 10.9. The van der Waals surface area contributed by atoms with Crippen LogP contribution in [0.5, 0.6) is 0 Å². The highest BCUT2D eigenvalue weighted by Gasteiger charge is 2.35. The number of amidine groups is 1. The lowest BCUT2D eigenvalue weighted by molar-refractivity contribution is 0.323. The Morgan fingerprint density at radius 1 is 1.03 bits per heavy atom. The fourth-order valence-corrected chi connectivity index (χ4v) is 4.98. The molecule has 0 spiro atoms. The minimum absolute atomic E-state index is 0.208. The molecule has 3 aliphatic rings. The summed E-state index contributed by atoms with van der Waals surface area (Å²) in [5.41, 5.74) is 0.967. The molecule has 178 valence electrons. The van der Waals surface area contributed by atoms with E-state index in [1.165, 1.54) is 37.8 Å². The Kier molecular flexibility index (Phi) is 7.78. The van der Waals surface area contributed by atoms with E-state index in [1.54, 1.807) is 0 Å². The molecule has 1 heterocycles. The van der Waals surface area contributed by atoms with Gasteiger partial charge in [0.1, 0.15) is 23.2 Å². The van der Waals surface area contributed by atoms with Crippen molar-refractivity contribution in [2.24, 2.45) is 9.98 Å². The van der Waals surface area contributed by atoms with Crippen molar-refractivity contribution in [1.29, 1.82) is 0 Å². The fourth-order valence-electron chi connectivity index (χ4n) is 4.98. The van der Waals surface area contributed by atoms with Gasteiger partial charge in [-0.1, -0.05) is 44.6 Å². The third kappa shape index (κ3) is 5.63. The Labute approximate surface area is 195 Å². The Morgan fingerprint density at radius 3 is 2.36 bits per heavy atom. The van der Waals surface area contributed by atoms with Crippen LogP contribution in [0, 0.1) is 11.6 Å². The molecule has 33 heavy (non-hydrogen) atoms. The van der Waals surface area contributed by atoms with E-state index in [0.29, 0.717) is 12.0 Å². The van der Waals surface area contributed by atoms with E-state index in [4.69, 9.17) is 9.98 Å². The normalized spacial score (nSPS) is 23.3. The quantitative estimate of drug-likeness (QED) is 0.535. The summed E-state index contributed by atoms with van der Waals surface area (Å²) in [6.45, 7) is 3.94. The number of guanidine groups is 1. The minimum atomic E-state index is -0.637. The van der Waals surface area contributed by atoms with E-state index in [1.807, 2.05) is 26.0 Å². The van der Waals surface area contributed by atoms with Crippen molar-refractivity contribution in [2.75, 3.05) is 5.32 Å². The Hall–Kier alpha value is -2.70. The average Bonchev–Trinajstić information content (AvgIpc) is 3.18. The smallest absolute Gasteiger partial charge is 0.209 e. The maximum Gasteiger partial charge on any atom is 0.209 e. The van der Waals surface area contributed by atoms with Crippen LogP contribution in [0.1, 0.15) is 78.1 Å². The van der Waals surface area contributed by atoms with Crippen LogP contribution in [-0.4, -0.2) is 28.8 Å². The third-order valence-corrected chi connectivity index (χ3v) is 6.76. The molecular formula is C26H35F2N5. The summed E-state index contributed by atoms with van der Waals surface area (Å²) < 4.78 is 27.9. The van der Waals surface area contributed by atoms with Crippen LogP contribution < -0.4 is 10.6 Å². The van der Waals surface area contributed by atoms with Crippen LogP contribution in [0.4, 0.5) is 14.5 Å². The molecule has 0 aromatic heterocycles. The summed E-state index contributed by atoms with van der Waals surface area (Å²) in [5, 5.41) is 6.75. The molecule has 2 N–H and O–H groups in total. The predicted octanol–water partition coefficient (Wildman–Crippen LogP) is 6.47. The first-order valence-corrected chi connectivity index (χ1v) is 12.4. The van der Waals surface area contributed by atoms with Crippen molar-refractivity contribution in [3.63, 3.8) is 0 Å². The molecule has 0 amide bonds. The van der Waals surface area contributed by atoms with E-state index >= 15 is 0 Å². The van der Waals surface area contributed by atoms with Gasteiger partial charge in [-0.3, -0.25) is 4.90 Å². The zero-order valence-electron chi connectivity index (χ0n) is 19.7. The molecule has 1 aliphatic heterocycles. The molecule has 0 unspecified atom stereocenters. The van der Waals surface area contributed by atoms with Crippen LogP contribution in [0.15, 0.2) is 51.9 Å². The van der Waals surface area contributed by atoms with Gasteiger partial charge in [-0.2, -0.15) is 0 Å². The van der Waals surface area contributed by atoms with Crippen molar-refractivity contribution in [1.82, 2.24) is 10.2 Å². The van der Waals surface area contributed by atoms with Gasteiger partial charge >= 0.3 is 0 Å². The number of halogens is 2. The largest absolute Gasteiger partial charge is 0.368 e. The van der Waals surface area contributed by atoms with Gasteiger partial charge in [0.05, 0.1) is 5.69 Å². The Morgan fingerprint density at radius 2 is 1.73 bits per heavy atom. The van der Waals surface area contributed by atoms with Gasteiger partial charge in [0.25, 0.3) is 0 Å². The molecule has 7 heteroatoms. The number of nitrogens with zero attached hydrogens (tertiary/aromatic N) is 3. The summed E-state index contributed by atoms with van der Waals surface area (Å²) in [7, 11) is 0. The molecule has 2 aliphatic carbocycles. The summed E-state index contributed by atoms with van der Waals surface area (Å²) in [5.74, 6) is 0.944. The van der Waals surface area contributed by atoms with Gasteiger partial charge in [-0.05, 0) is 57.7 Å². The highest BCUT2D eigenvalue weighted by molar-refractivity contribution is 6.18. The van der Waals surface area contributed by atoms with Crippen LogP contribution in [0.25, 0.3) is 0 Å². The number of benzene rings is 1. The molecule has 0 saturated heterocycles. The molecule has 5 nitrogen and oxygen atoms in total. The molecule has 2 fully saturated rings. The number of rotatable bonds is 5. The van der Waals surface area contributed by atoms with Gasteiger partial charge in [0, 0.05) is 18.2 Å². The number of aliphatic imine (C=N–C) groups is 2. The molecule has 1 aromatic rings. The monoisotopic (exact) mass is 455 g/mol. The van der Waals surface area contributed by atoms with E-state index in [9.17, 15) is 8.78 Å². The minimum Gasteiger partial charge on any atom is -0.368 e. The van der Waals surface area contributed by atoms with Crippen molar-refractivity contribution in [3.05, 3.63) is 53.5 Å². The fraction of sp³-hybridized carbons (Fsp3) is 0.538. The average molecular weight is 456 g/mol. The molecule has 4 rings (SSSR count). The van der Waals surface area contributed by atoms with Crippen molar-refractivity contribution >= 4 is 17.5 Å². The van der Waals surface area contributed by atoms with Gasteiger partial charge < -0.3 is 10.6 Å². The maximum atomic E-state index is 14.4. The predicted molar refractivity (Wildman–Crippen MR) is 131 cm³/mol. The third-order valence-electron chi connectivity index (χ3n) is 6.76. The first-order valence-electron chi connectivity index (χ1n) is 12.4. The summed E-state index contributed by atoms with van der Waals surface area (Å²) in [6.07, 6.45) is 15.7. The zero-order chi connectivity index (χ0) is 23.2. The molecule has 0 radical (unpaired) electrons. The Bertz CT molecular complexity index is 953. The van der Waals surface area contributed by atoms with Crippen LogP contribution in [0.3, 0.4) is 0 Å². The summed E-state index contributed by atoms with van der Waals surface area (Å²) >= 11 is 0. The van der Waals surface area contributed by atoms with Crippen LogP contribution in [-0.2, 0) is 0 Å². The zero-order valence-corrected chi connectivity index (χ0v) is 19.7. The lowest BCUT2D eigenvalue weighted by Crippen LogP contribution is -2.45. The van der Waals surface area contributed by atoms with E-state index in [0.717, 1.165) is 61.9 Å². The van der Waals surface area contributed by atoms with Gasteiger partial charge in [0.15, 0.2) is 5.84 Å². The van der Waals surface area contributed by atoms with E-state index in [2.05, 4.69) is 15.5 Å². The van der Waals surface area contributed by atoms with Gasteiger partial charge in [-0.25, -0.2) is 18.8 Å². The summed E-state index contributed by atoms with van der Waals surface area (Å²) in [6, 6.07) is 4.24. The molecule has 0 bridgehead atoms.